The minimum atomic E-state index is -0.187. The first-order chi connectivity index (χ1) is 13.1. The molecule has 7 nitrogen and oxygen atoms in total. The minimum absolute atomic E-state index is 0.0184. The summed E-state index contributed by atoms with van der Waals surface area (Å²) in [7, 11) is 0. The van der Waals surface area contributed by atoms with Gasteiger partial charge in [-0.3, -0.25) is 20.0 Å². The number of carbonyl (C=O) groups excluding carboxylic acids is 1. The number of hydrogen-bond acceptors (Lipinski definition) is 6. The molecule has 0 bridgehead atoms. The van der Waals surface area contributed by atoms with Crippen LogP contribution in [-0.2, 0) is 9.53 Å². The Morgan fingerprint density at radius 3 is 2.48 bits per heavy atom. The van der Waals surface area contributed by atoms with Gasteiger partial charge in [-0.05, 0) is 49.3 Å². The first kappa shape index (κ1) is 17.2. The Balaban J connectivity index is 1.37. The van der Waals surface area contributed by atoms with Crippen molar-refractivity contribution in [1.82, 2.24) is 21.0 Å². The van der Waals surface area contributed by atoms with E-state index in [4.69, 9.17) is 4.74 Å². The molecule has 2 atom stereocenters. The van der Waals surface area contributed by atoms with E-state index in [1.165, 1.54) is 29.5 Å². The fourth-order valence-electron chi connectivity index (χ4n) is 4.37. The maximum absolute atomic E-state index is 12.7. The van der Waals surface area contributed by atoms with Crippen LogP contribution in [0.15, 0.2) is 23.9 Å². The molecule has 3 heterocycles. The van der Waals surface area contributed by atoms with Gasteiger partial charge in [-0.15, -0.1) is 0 Å². The highest BCUT2D eigenvalue weighted by Crippen LogP contribution is 2.42. The minimum Gasteiger partial charge on any atom is -0.379 e. The van der Waals surface area contributed by atoms with E-state index in [0.29, 0.717) is 13.2 Å². The summed E-state index contributed by atoms with van der Waals surface area (Å²) >= 11 is 0. The molecule has 1 amide bonds. The molecule has 3 fully saturated rings. The molecule has 1 aromatic carbocycles. The van der Waals surface area contributed by atoms with Crippen molar-refractivity contribution in [2.75, 3.05) is 31.3 Å². The second-order valence-electron chi connectivity index (χ2n) is 7.99. The van der Waals surface area contributed by atoms with E-state index >= 15 is 0 Å². The van der Waals surface area contributed by atoms with Gasteiger partial charge in [0.2, 0.25) is 0 Å². The smallest absolute Gasteiger partial charge is 0.254 e. The Labute approximate surface area is 159 Å². The van der Waals surface area contributed by atoms with Crippen LogP contribution in [0.4, 0.5) is 5.69 Å². The van der Waals surface area contributed by atoms with Crippen LogP contribution < -0.4 is 21.1 Å². The molecule has 1 saturated carbocycles. The standard InChI is InChI=1S/C20H27N5O2/c1-12-9-15(14-3-4-14)10-13(2)17(12)25-11-16-18(23-25)21-20(22-19(16)26)24-5-7-27-8-6-24/h9-11,14,18,20-21,23H,3-8H2,1-2H3,(H,22,26). The number of hydrazine groups is 1. The normalized spacial score (nSPS) is 28.7. The van der Waals surface area contributed by atoms with Gasteiger partial charge in [0.1, 0.15) is 12.5 Å². The molecule has 0 radical (unpaired) electrons. The van der Waals surface area contributed by atoms with Crippen molar-refractivity contribution < 1.29 is 9.53 Å². The van der Waals surface area contributed by atoms with E-state index in [9.17, 15) is 4.79 Å². The van der Waals surface area contributed by atoms with Crippen molar-refractivity contribution in [3.8, 4) is 0 Å². The Kier molecular flexibility index (Phi) is 4.20. The molecule has 3 N–H and O–H groups in total. The van der Waals surface area contributed by atoms with Crippen molar-refractivity contribution in [3.05, 3.63) is 40.6 Å². The summed E-state index contributed by atoms with van der Waals surface area (Å²) in [6.45, 7) is 7.34. The Morgan fingerprint density at radius 1 is 1.11 bits per heavy atom. The predicted octanol–water partition coefficient (Wildman–Crippen LogP) is 1.05. The largest absolute Gasteiger partial charge is 0.379 e. The molecule has 0 spiro atoms. The quantitative estimate of drug-likeness (QED) is 0.740. The molecule has 0 aromatic heterocycles. The predicted molar refractivity (Wildman–Crippen MR) is 103 cm³/mol. The first-order valence-electron chi connectivity index (χ1n) is 9.87. The van der Waals surface area contributed by atoms with Crippen LogP contribution in [0.2, 0.25) is 0 Å². The number of anilines is 1. The fraction of sp³-hybridized carbons (Fsp3) is 0.550. The van der Waals surface area contributed by atoms with Crippen molar-refractivity contribution in [2.45, 2.75) is 45.1 Å². The van der Waals surface area contributed by atoms with Crippen molar-refractivity contribution >= 4 is 11.6 Å². The highest BCUT2D eigenvalue weighted by atomic mass is 16.5. The maximum Gasteiger partial charge on any atom is 0.254 e. The molecule has 3 aliphatic heterocycles. The number of hydrogen-bond donors (Lipinski definition) is 3. The molecule has 4 aliphatic rings. The summed E-state index contributed by atoms with van der Waals surface area (Å²) in [6.07, 6.45) is 4.18. The van der Waals surface area contributed by atoms with Gasteiger partial charge < -0.3 is 10.1 Å². The summed E-state index contributed by atoms with van der Waals surface area (Å²) in [5.41, 5.74) is 9.26. The number of fused-ring (bicyclic) bond motifs is 1. The monoisotopic (exact) mass is 369 g/mol. The fourth-order valence-corrected chi connectivity index (χ4v) is 4.37. The van der Waals surface area contributed by atoms with Crippen molar-refractivity contribution in [1.29, 1.82) is 0 Å². The van der Waals surface area contributed by atoms with E-state index in [2.05, 4.69) is 46.9 Å². The third kappa shape index (κ3) is 3.14. The van der Waals surface area contributed by atoms with Crippen LogP contribution in [0.25, 0.3) is 0 Å². The van der Waals surface area contributed by atoms with Gasteiger partial charge in [0.15, 0.2) is 0 Å². The number of aryl methyl sites for hydroxylation is 2. The summed E-state index contributed by atoms with van der Waals surface area (Å²) in [5, 5.41) is 8.60. The average Bonchev–Trinajstić information content (AvgIpc) is 3.42. The van der Waals surface area contributed by atoms with Gasteiger partial charge >= 0.3 is 0 Å². The summed E-state index contributed by atoms with van der Waals surface area (Å²) in [5.74, 6) is 0.723. The lowest BCUT2D eigenvalue weighted by molar-refractivity contribution is -0.123. The average molecular weight is 369 g/mol. The van der Waals surface area contributed by atoms with E-state index in [1.54, 1.807) is 0 Å². The second-order valence-corrected chi connectivity index (χ2v) is 7.99. The van der Waals surface area contributed by atoms with Crippen LogP contribution in [0.1, 0.15) is 35.4 Å². The number of ether oxygens (including phenoxy) is 1. The summed E-state index contributed by atoms with van der Waals surface area (Å²) in [6, 6.07) is 4.60. The first-order valence-corrected chi connectivity index (χ1v) is 9.87. The van der Waals surface area contributed by atoms with Crippen molar-refractivity contribution in [2.24, 2.45) is 0 Å². The Morgan fingerprint density at radius 2 is 1.81 bits per heavy atom. The number of rotatable bonds is 3. The lowest BCUT2D eigenvalue weighted by atomic mass is 10.0. The second kappa shape index (κ2) is 6.60. The topological polar surface area (TPSA) is 68.9 Å². The lowest BCUT2D eigenvalue weighted by Crippen LogP contribution is -2.68. The Hall–Kier alpha value is -1.93. The zero-order valence-corrected chi connectivity index (χ0v) is 15.9. The SMILES string of the molecule is Cc1cc(C2CC2)cc(C)c1N1C=C2C(=O)NC(N3CCOCC3)NC2N1. The van der Waals surface area contributed by atoms with Crippen LogP contribution in [0.5, 0.6) is 0 Å². The number of nitrogens with zero attached hydrogens (tertiary/aromatic N) is 2. The van der Waals surface area contributed by atoms with Crippen LogP contribution in [-0.4, -0.2) is 49.6 Å². The third-order valence-electron chi connectivity index (χ3n) is 5.92. The molecule has 1 aromatic rings. The number of morpholine rings is 1. The molecule has 27 heavy (non-hydrogen) atoms. The zero-order valence-electron chi connectivity index (χ0n) is 15.9. The third-order valence-corrected chi connectivity index (χ3v) is 5.92. The van der Waals surface area contributed by atoms with Crippen molar-refractivity contribution in [3.63, 3.8) is 0 Å². The molecule has 5 rings (SSSR count). The molecule has 2 saturated heterocycles. The lowest BCUT2D eigenvalue weighted by Gasteiger charge is -2.40. The van der Waals surface area contributed by atoms with Gasteiger partial charge in [0.05, 0.1) is 24.5 Å². The van der Waals surface area contributed by atoms with E-state index in [1.807, 2.05) is 11.2 Å². The van der Waals surface area contributed by atoms with Crippen LogP contribution >= 0.6 is 0 Å². The summed E-state index contributed by atoms with van der Waals surface area (Å²) in [4.78, 5) is 14.9. The van der Waals surface area contributed by atoms with Gasteiger partial charge in [-0.25, -0.2) is 5.43 Å². The molecule has 1 aliphatic carbocycles. The Bertz CT molecular complexity index is 775. The van der Waals surface area contributed by atoms with Gasteiger partial charge in [-0.1, -0.05) is 12.1 Å². The van der Waals surface area contributed by atoms with Crippen LogP contribution in [0, 0.1) is 13.8 Å². The molecular weight excluding hydrogens is 342 g/mol. The zero-order chi connectivity index (χ0) is 18.5. The van der Waals surface area contributed by atoms with Gasteiger partial charge in [0.25, 0.3) is 5.91 Å². The number of nitrogens with one attached hydrogen (secondary N) is 3. The molecule has 2 unspecified atom stereocenters. The van der Waals surface area contributed by atoms with E-state index < -0.39 is 0 Å². The molecule has 144 valence electrons. The highest BCUT2D eigenvalue weighted by molar-refractivity contribution is 5.97. The maximum atomic E-state index is 12.7. The van der Waals surface area contributed by atoms with E-state index in [0.717, 1.165) is 30.3 Å². The van der Waals surface area contributed by atoms with Crippen LogP contribution in [0.3, 0.4) is 0 Å². The number of benzene rings is 1. The number of amides is 1. The summed E-state index contributed by atoms with van der Waals surface area (Å²) < 4.78 is 5.42. The van der Waals surface area contributed by atoms with Gasteiger partial charge in [-0.2, -0.15) is 0 Å². The van der Waals surface area contributed by atoms with Gasteiger partial charge in [0, 0.05) is 19.3 Å². The molecule has 7 heteroatoms. The highest BCUT2D eigenvalue weighted by Gasteiger charge is 2.39. The molecular formula is C20H27N5O2. The van der Waals surface area contributed by atoms with E-state index in [-0.39, 0.29) is 18.4 Å². The number of carbonyl (C=O) groups is 1.